The summed E-state index contributed by atoms with van der Waals surface area (Å²) in [7, 11) is 0. The van der Waals surface area contributed by atoms with Crippen molar-refractivity contribution >= 4 is 89.1 Å². The maximum absolute atomic E-state index is 3.98. The molecule has 2 aliphatic heterocycles. The average molecular weight is 939 g/mol. The lowest BCUT2D eigenvalue weighted by Crippen LogP contribution is -2.61. The number of para-hydroxylation sites is 2. The van der Waals surface area contributed by atoms with E-state index in [1.165, 1.54) is 89.2 Å². The van der Waals surface area contributed by atoms with E-state index in [0.29, 0.717) is 0 Å². The van der Waals surface area contributed by atoms with Gasteiger partial charge >= 0.3 is 0 Å². The molecule has 0 radical (unpaired) electrons. The molecule has 9 aromatic rings. The molecule has 11 rings (SSSR count). The molecule has 2 heterocycles. The fourth-order valence-electron chi connectivity index (χ4n) is 9.83. The zero-order valence-electron chi connectivity index (χ0n) is 35.4. The lowest BCUT2D eigenvalue weighted by Gasteiger charge is -2.46. The molecule has 0 saturated carbocycles. The second-order valence-corrected chi connectivity index (χ2v) is 19.4. The molecule has 0 fully saturated rings. The molecule has 0 N–H and O–H groups in total. The van der Waals surface area contributed by atoms with Crippen LogP contribution in [0.15, 0.2) is 215 Å². The molecule has 2 aliphatic rings. The van der Waals surface area contributed by atoms with Gasteiger partial charge in [-0.25, -0.2) is 0 Å². The minimum atomic E-state index is -0.180. The summed E-state index contributed by atoms with van der Waals surface area (Å²) in [5.41, 5.74) is 21.3. The number of hydrogen-bond donors (Lipinski definition) is 0. The first kappa shape index (κ1) is 39.5. The molecule has 2 nitrogen and oxygen atoms in total. The highest BCUT2D eigenvalue weighted by Crippen LogP contribution is 2.53. The average Bonchev–Trinajstić information content (AvgIpc) is 3.32. The maximum atomic E-state index is 3.98. The molecule has 302 valence electrons. The van der Waals surface area contributed by atoms with E-state index in [1.807, 2.05) is 0 Å². The predicted molar refractivity (Wildman–Crippen MR) is 276 cm³/mol. The largest absolute Gasteiger partial charge is 0.310 e. The van der Waals surface area contributed by atoms with Crippen molar-refractivity contribution in [1.82, 2.24) is 0 Å². The molecule has 0 amide bonds. The van der Waals surface area contributed by atoms with Crippen molar-refractivity contribution in [3.05, 3.63) is 221 Å². The highest BCUT2D eigenvalue weighted by atomic mass is 79.9. The fourth-order valence-corrected chi connectivity index (χ4v) is 10.6. The van der Waals surface area contributed by atoms with Gasteiger partial charge in [0.05, 0.1) is 11.4 Å². The molecule has 0 unspecified atom stereocenters. The summed E-state index contributed by atoms with van der Waals surface area (Å²) in [6, 6.07) is 75.9. The minimum absolute atomic E-state index is 0.0651. The minimum Gasteiger partial charge on any atom is -0.310 e. The summed E-state index contributed by atoms with van der Waals surface area (Å²) in [5, 5.41) is 0. The summed E-state index contributed by atoms with van der Waals surface area (Å²) >= 11 is 7.95. The fraction of sp³-hybridized carbons (Fsp3) is 0.0690. The Labute approximate surface area is 387 Å². The van der Waals surface area contributed by atoms with Crippen molar-refractivity contribution in [3.8, 4) is 44.5 Å². The van der Waals surface area contributed by atoms with Crippen LogP contribution in [-0.4, -0.2) is 6.71 Å². The van der Waals surface area contributed by atoms with Crippen molar-refractivity contribution in [2.45, 2.75) is 26.2 Å². The number of halogens is 2. The Bertz CT molecular complexity index is 2860. The quantitative estimate of drug-likeness (QED) is 0.153. The van der Waals surface area contributed by atoms with E-state index in [0.717, 1.165) is 20.3 Å². The lowest BCUT2D eigenvalue weighted by atomic mass is 9.33. The van der Waals surface area contributed by atoms with E-state index < -0.39 is 0 Å². The van der Waals surface area contributed by atoms with Crippen molar-refractivity contribution in [1.29, 1.82) is 0 Å². The van der Waals surface area contributed by atoms with Crippen LogP contribution in [-0.2, 0) is 5.41 Å². The van der Waals surface area contributed by atoms with Gasteiger partial charge in [-0.15, -0.1) is 0 Å². The Morgan fingerprint density at radius 3 is 1.02 bits per heavy atom. The van der Waals surface area contributed by atoms with Gasteiger partial charge in [0.2, 0.25) is 0 Å². The van der Waals surface area contributed by atoms with Crippen molar-refractivity contribution in [2.75, 3.05) is 9.80 Å². The van der Waals surface area contributed by atoms with E-state index in [4.69, 9.17) is 0 Å². The van der Waals surface area contributed by atoms with E-state index >= 15 is 0 Å². The third kappa shape index (κ3) is 6.77. The summed E-state index contributed by atoms with van der Waals surface area (Å²) < 4.78 is 2.11. The first-order chi connectivity index (χ1) is 30.7. The van der Waals surface area contributed by atoms with E-state index in [-0.39, 0.29) is 12.1 Å². The van der Waals surface area contributed by atoms with Gasteiger partial charge in [-0.1, -0.05) is 222 Å². The van der Waals surface area contributed by atoms with Crippen LogP contribution in [0.4, 0.5) is 34.1 Å². The molecule has 5 heteroatoms. The third-order valence-electron chi connectivity index (χ3n) is 12.7. The van der Waals surface area contributed by atoms with Crippen LogP contribution in [0.3, 0.4) is 0 Å². The van der Waals surface area contributed by atoms with Crippen LogP contribution < -0.4 is 26.2 Å². The Morgan fingerprint density at radius 2 is 0.698 bits per heavy atom. The van der Waals surface area contributed by atoms with E-state index in [9.17, 15) is 0 Å². The van der Waals surface area contributed by atoms with Gasteiger partial charge in [0.15, 0.2) is 0 Å². The SMILES string of the molecule is CC(C)(C)c1cc2c3c(c1)N(c1c(-c4ccccc4)cccc1-c1ccccc1)c1ccc(Br)cc1B3c1cc(Br)ccc1N2c1c(-c2ccccc2)cccc1-c1ccccc1. The Hall–Kier alpha value is -6.40. The summed E-state index contributed by atoms with van der Waals surface area (Å²) in [6.45, 7) is 6.96. The zero-order chi connectivity index (χ0) is 42.8. The van der Waals surface area contributed by atoms with Crippen LogP contribution in [0.1, 0.15) is 26.3 Å². The molecule has 0 aliphatic carbocycles. The summed E-state index contributed by atoms with van der Waals surface area (Å²) in [5.74, 6) is 0. The van der Waals surface area contributed by atoms with Crippen LogP contribution in [0.5, 0.6) is 0 Å². The van der Waals surface area contributed by atoms with E-state index in [2.05, 4.69) is 269 Å². The number of hydrogen-bond acceptors (Lipinski definition) is 2. The molecule has 0 spiro atoms. The first-order valence-electron chi connectivity index (χ1n) is 21.6. The summed E-state index contributed by atoms with van der Waals surface area (Å²) in [4.78, 5) is 5.19. The van der Waals surface area contributed by atoms with Gasteiger partial charge in [-0.05, 0) is 86.0 Å². The molecular formula is C58H43BBr2N2. The van der Waals surface area contributed by atoms with Crippen molar-refractivity contribution < 1.29 is 0 Å². The monoisotopic (exact) mass is 936 g/mol. The van der Waals surface area contributed by atoms with E-state index in [1.54, 1.807) is 0 Å². The van der Waals surface area contributed by atoms with Crippen LogP contribution >= 0.6 is 31.9 Å². The zero-order valence-corrected chi connectivity index (χ0v) is 38.5. The van der Waals surface area contributed by atoms with Crippen LogP contribution in [0.25, 0.3) is 44.5 Å². The van der Waals surface area contributed by atoms with Gasteiger partial charge < -0.3 is 9.80 Å². The van der Waals surface area contributed by atoms with Gasteiger partial charge in [0.25, 0.3) is 6.71 Å². The highest BCUT2D eigenvalue weighted by Gasteiger charge is 2.45. The smallest absolute Gasteiger partial charge is 0.252 e. The second-order valence-electron chi connectivity index (χ2n) is 17.6. The number of benzene rings is 9. The van der Waals surface area contributed by atoms with Gasteiger partial charge in [-0.2, -0.15) is 0 Å². The number of fused-ring (bicyclic) bond motifs is 4. The molecule has 63 heavy (non-hydrogen) atoms. The maximum Gasteiger partial charge on any atom is 0.252 e. The number of rotatable bonds is 6. The third-order valence-corrected chi connectivity index (χ3v) is 13.7. The lowest BCUT2D eigenvalue weighted by molar-refractivity contribution is 0.590. The van der Waals surface area contributed by atoms with Crippen molar-refractivity contribution in [3.63, 3.8) is 0 Å². The normalized spacial score (nSPS) is 12.7. The molecule has 0 bridgehead atoms. The van der Waals surface area contributed by atoms with Crippen molar-refractivity contribution in [2.24, 2.45) is 0 Å². The molecular weight excluding hydrogens is 895 g/mol. The first-order valence-corrected chi connectivity index (χ1v) is 23.2. The Kier molecular flexibility index (Phi) is 9.86. The number of anilines is 6. The predicted octanol–water partition coefficient (Wildman–Crippen LogP) is 15.3. The van der Waals surface area contributed by atoms with Gasteiger partial charge in [0, 0.05) is 53.9 Å². The molecule has 0 atom stereocenters. The second kappa shape index (κ2) is 15.7. The standard InChI is InChI=1S/C58H43BBr2N2/c1-58(2,3)42-34-53-55-54(35-42)63(57-47(40-22-12-6-13-23-40)28-17-29-48(57)41-24-14-7-15-25-41)52-33-31-44(61)37-50(52)59(55)49-36-43(60)30-32-51(49)62(53)56-45(38-18-8-4-9-19-38)26-16-27-46(56)39-20-10-5-11-21-39/h4-37H,1-3H3. The summed E-state index contributed by atoms with van der Waals surface area (Å²) in [6.07, 6.45) is 0. The van der Waals surface area contributed by atoms with Crippen LogP contribution in [0.2, 0.25) is 0 Å². The highest BCUT2D eigenvalue weighted by molar-refractivity contribution is 9.10. The van der Waals surface area contributed by atoms with Gasteiger partial charge in [-0.3, -0.25) is 0 Å². The molecule has 9 aromatic carbocycles. The Morgan fingerprint density at radius 1 is 0.365 bits per heavy atom. The molecule has 0 aromatic heterocycles. The Balaban J connectivity index is 1.32. The van der Waals surface area contributed by atoms with Gasteiger partial charge in [0.1, 0.15) is 0 Å². The van der Waals surface area contributed by atoms with Crippen LogP contribution in [0, 0.1) is 0 Å². The topological polar surface area (TPSA) is 6.48 Å². The number of nitrogens with zero attached hydrogens (tertiary/aromatic N) is 2. The molecule has 0 saturated heterocycles.